The van der Waals surface area contributed by atoms with Crippen LogP contribution in [0.1, 0.15) is 92.7 Å². The summed E-state index contributed by atoms with van der Waals surface area (Å²) < 4.78 is 15.7. The molecule has 0 aliphatic rings. The van der Waals surface area contributed by atoms with Crippen molar-refractivity contribution in [3.05, 3.63) is 65.7 Å². The molecule has 5 atom stereocenters. The summed E-state index contributed by atoms with van der Waals surface area (Å²) in [7, 11) is 0. The minimum Gasteiger partial charge on any atom is -0.480 e. The van der Waals surface area contributed by atoms with E-state index >= 15 is 0 Å². The number of nitrogens with one attached hydrogen (secondary N) is 6. The number of aliphatic imine (C=N–C) groups is 1. The zero-order valence-electron chi connectivity index (χ0n) is 39.1. The van der Waals surface area contributed by atoms with E-state index in [4.69, 9.17) is 25.7 Å². The molecule has 11 N–H and O–H groups in total. The maximum atomic E-state index is 13.8. The second-order valence-electron chi connectivity index (χ2n) is 17.9. The molecule has 66 heavy (non-hydrogen) atoms. The van der Waals surface area contributed by atoms with E-state index in [-0.39, 0.29) is 56.3 Å². The Kier molecular flexibility index (Phi) is 21.9. The van der Waals surface area contributed by atoms with Crippen molar-refractivity contribution in [2.75, 3.05) is 13.1 Å². The highest BCUT2D eigenvalue weighted by atomic mass is 16.7. The third-order valence-electron chi connectivity index (χ3n) is 8.97. The summed E-state index contributed by atoms with van der Waals surface area (Å²) >= 11 is 0. The Morgan fingerprint density at radius 1 is 0.652 bits per heavy atom. The lowest BCUT2D eigenvalue weighted by Crippen LogP contribution is -2.57. The first kappa shape index (κ1) is 55.2. The van der Waals surface area contributed by atoms with Crippen LogP contribution in [0.5, 0.6) is 5.75 Å². The number of aliphatic carboxylic acids is 1. The Bertz CT molecular complexity index is 1990. The summed E-state index contributed by atoms with van der Waals surface area (Å²) in [5.74, 6) is -5.19. The van der Waals surface area contributed by atoms with Gasteiger partial charge in [0.1, 0.15) is 47.2 Å². The summed E-state index contributed by atoms with van der Waals surface area (Å²) in [6.45, 7) is 14.5. The molecule has 2 rings (SSSR count). The van der Waals surface area contributed by atoms with Gasteiger partial charge in [0.2, 0.25) is 29.5 Å². The SMILES string of the molecule is CC(C)CC(NC(=O)[C@H](Cc1ccccc1)NC(=O)CNC(=O)[C@H](C)NC(=O)C(Cc1ccc(OC(=O)OC(C)(C)C)cc1)NC(=O)OC(C)(C)C)C(=O)N[C@H](CCCN=C(N)N)C(=O)O. The van der Waals surface area contributed by atoms with Gasteiger partial charge in [0.05, 0.1) is 6.54 Å². The summed E-state index contributed by atoms with van der Waals surface area (Å²) in [5.41, 5.74) is 10.2. The number of hydrogen-bond acceptors (Lipinski definition) is 12. The van der Waals surface area contributed by atoms with E-state index in [1.165, 1.54) is 19.1 Å². The number of carboxylic acids is 1. The van der Waals surface area contributed by atoms with Crippen molar-refractivity contribution in [2.24, 2.45) is 22.4 Å². The normalized spacial score (nSPS) is 13.5. The second-order valence-corrected chi connectivity index (χ2v) is 17.9. The van der Waals surface area contributed by atoms with Gasteiger partial charge in [-0.25, -0.2) is 14.4 Å². The van der Waals surface area contributed by atoms with Crippen LogP contribution in [-0.2, 0) is 51.1 Å². The fraction of sp³-hybridized carbons (Fsp3) is 0.533. The van der Waals surface area contributed by atoms with Crippen molar-refractivity contribution in [1.29, 1.82) is 0 Å². The van der Waals surface area contributed by atoms with E-state index in [0.29, 0.717) is 11.1 Å². The van der Waals surface area contributed by atoms with Crippen molar-refractivity contribution in [3.63, 3.8) is 0 Å². The molecule has 0 saturated carbocycles. The fourth-order valence-corrected chi connectivity index (χ4v) is 5.97. The summed E-state index contributed by atoms with van der Waals surface area (Å²) in [4.78, 5) is 108. The Morgan fingerprint density at radius 3 is 1.73 bits per heavy atom. The molecule has 0 aromatic heterocycles. The molecule has 0 heterocycles. The van der Waals surface area contributed by atoms with Crippen LogP contribution in [0.15, 0.2) is 59.6 Å². The lowest BCUT2D eigenvalue weighted by molar-refractivity contribution is -0.142. The predicted octanol–water partition coefficient (Wildman–Crippen LogP) is 1.94. The molecule has 364 valence electrons. The van der Waals surface area contributed by atoms with E-state index in [9.17, 15) is 43.5 Å². The molecule has 0 bridgehead atoms. The third-order valence-corrected chi connectivity index (χ3v) is 8.97. The molecule has 0 aliphatic heterocycles. The topological polar surface area (TPSA) is 321 Å². The number of rotatable bonds is 23. The van der Waals surface area contributed by atoms with Crippen molar-refractivity contribution in [2.45, 2.75) is 136 Å². The van der Waals surface area contributed by atoms with Crippen molar-refractivity contribution < 1.29 is 57.7 Å². The minimum absolute atomic E-state index is 0.00887. The van der Waals surface area contributed by atoms with E-state index < -0.39 is 95.7 Å². The molecule has 2 unspecified atom stereocenters. The van der Waals surface area contributed by atoms with Crippen LogP contribution in [0, 0.1) is 5.92 Å². The summed E-state index contributed by atoms with van der Waals surface area (Å²) in [5, 5.41) is 25.0. The number of hydrogen-bond donors (Lipinski definition) is 9. The van der Waals surface area contributed by atoms with E-state index in [2.05, 4.69) is 36.9 Å². The number of alkyl carbamates (subject to hydrolysis) is 1. The van der Waals surface area contributed by atoms with E-state index in [0.717, 1.165) is 0 Å². The summed E-state index contributed by atoms with van der Waals surface area (Å²) in [6, 6.07) is 8.63. The molecule has 0 radical (unpaired) electrons. The first-order valence-electron chi connectivity index (χ1n) is 21.5. The predicted molar refractivity (Wildman–Crippen MR) is 244 cm³/mol. The van der Waals surface area contributed by atoms with Crippen molar-refractivity contribution in [1.82, 2.24) is 31.9 Å². The van der Waals surface area contributed by atoms with Crippen LogP contribution in [0.2, 0.25) is 0 Å². The van der Waals surface area contributed by atoms with Crippen LogP contribution >= 0.6 is 0 Å². The average molecular weight is 926 g/mol. The number of guanidine groups is 1. The number of amides is 6. The Balaban J connectivity index is 2.17. The molecule has 0 aliphatic carbocycles. The molecular weight excluding hydrogens is 859 g/mol. The first-order chi connectivity index (χ1) is 30.7. The molecule has 0 spiro atoms. The highest BCUT2D eigenvalue weighted by Gasteiger charge is 2.31. The number of benzene rings is 2. The minimum atomic E-state index is -1.30. The van der Waals surface area contributed by atoms with Crippen LogP contribution < -0.4 is 48.1 Å². The van der Waals surface area contributed by atoms with Crippen molar-refractivity contribution >= 4 is 53.7 Å². The van der Waals surface area contributed by atoms with Crippen molar-refractivity contribution in [3.8, 4) is 5.75 Å². The monoisotopic (exact) mass is 925 g/mol. The first-order valence-corrected chi connectivity index (χ1v) is 21.5. The maximum Gasteiger partial charge on any atom is 0.514 e. The van der Waals surface area contributed by atoms with Crippen LogP contribution in [0.25, 0.3) is 0 Å². The van der Waals surface area contributed by atoms with Crippen LogP contribution in [0.4, 0.5) is 9.59 Å². The number of nitrogens with zero attached hydrogens (tertiary/aromatic N) is 1. The zero-order chi connectivity index (χ0) is 49.8. The molecule has 6 amide bonds. The van der Waals surface area contributed by atoms with Gasteiger partial charge in [-0.3, -0.25) is 29.0 Å². The molecule has 21 heteroatoms. The van der Waals surface area contributed by atoms with E-state index in [1.54, 1.807) is 84.0 Å². The standard InChI is InChI=1S/C45H67N9O12/c1-26(2)22-32(38(58)52-31(40(60)61)16-13-21-48-41(46)47)53-39(59)33(23-28-14-11-10-12-15-28)51-35(55)25-49-36(56)27(3)50-37(57)34(54-42(62)65-44(4,5)6)24-29-17-19-30(20-18-29)64-43(63)66-45(7,8)9/h10-12,14-15,17-20,26-27,31-34H,13,16,21-25H2,1-9H3,(H,49,56)(H,50,57)(H,51,55)(H,52,58)(H,53,59)(H,54,62)(H,60,61)(H4,46,47,48)/t27-,31+,32?,33-,34?/m0/s1. The number of carboxylic acid groups (broad SMARTS) is 1. The Morgan fingerprint density at radius 2 is 1.18 bits per heavy atom. The third kappa shape index (κ3) is 22.6. The van der Waals surface area contributed by atoms with Gasteiger partial charge in [0.15, 0.2) is 5.96 Å². The second kappa shape index (κ2) is 26.1. The largest absolute Gasteiger partial charge is 0.514 e. The number of carbonyl (C=O) groups excluding carboxylic acids is 7. The van der Waals surface area contributed by atoms with Gasteiger partial charge >= 0.3 is 18.2 Å². The number of nitrogens with two attached hydrogens (primary N) is 2. The van der Waals surface area contributed by atoms with Gasteiger partial charge in [-0.05, 0) is 96.9 Å². The molecule has 2 aromatic carbocycles. The van der Waals surface area contributed by atoms with Crippen LogP contribution in [0.3, 0.4) is 0 Å². The van der Waals surface area contributed by atoms with Gasteiger partial charge in [-0.1, -0.05) is 56.3 Å². The molecule has 0 fully saturated rings. The lowest BCUT2D eigenvalue weighted by atomic mass is 10.0. The molecular formula is C45H67N9O12. The van der Waals surface area contributed by atoms with Gasteiger partial charge in [-0.15, -0.1) is 0 Å². The highest BCUT2D eigenvalue weighted by molar-refractivity contribution is 5.95. The lowest BCUT2D eigenvalue weighted by Gasteiger charge is -2.26. The number of ether oxygens (including phenoxy) is 3. The molecule has 21 nitrogen and oxygen atoms in total. The van der Waals surface area contributed by atoms with E-state index in [1.807, 2.05) is 13.8 Å². The Labute approximate surface area is 385 Å². The smallest absolute Gasteiger partial charge is 0.480 e. The van der Waals surface area contributed by atoms with Crippen LogP contribution in [-0.4, -0.2) is 113 Å². The Hall–Kier alpha value is -6.93. The summed E-state index contributed by atoms with van der Waals surface area (Å²) in [6.07, 6.45) is -1.49. The van der Waals surface area contributed by atoms with Gasteiger partial charge in [0, 0.05) is 19.4 Å². The van der Waals surface area contributed by atoms with Gasteiger partial charge in [0.25, 0.3) is 0 Å². The molecule has 0 saturated heterocycles. The quantitative estimate of drug-likeness (QED) is 0.0253. The maximum absolute atomic E-state index is 13.8. The number of carbonyl (C=O) groups is 8. The highest BCUT2D eigenvalue weighted by Crippen LogP contribution is 2.17. The van der Waals surface area contributed by atoms with Gasteiger partial charge < -0.3 is 62.7 Å². The molecule has 2 aromatic rings. The average Bonchev–Trinajstić information content (AvgIpc) is 3.19. The fourth-order valence-electron chi connectivity index (χ4n) is 5.97. The zero-order valence-corrected chi connectivity index (χ0v) is 39.1. The van der Waals surface area contributed by atoms with Gasteiger partial charge in [-0.2, -0.15) is 0 Å².